The molecular weight excluding hydrogens is 441 g/mol. The molecule has 3 heterocycles. The van der Waals surface area contributed by atoms with Crippen molar-refractivity contribution in [2.24, 2.45) is 0 Å². The van der Waals surface area contributed by atoms with E-state index < -0.39 is 0 Å². The minimum Gasteiger partial charge on any atom is -0.496 e. The maximum absolute atomic E-state index is 6.22. The van der Waals surface area contributed by atoms with E-state index in [0.717, 1.165) is 37.9 Å². The summed E-state index contributed by atoms with van der Waals surface area (Å²) in [5, 5.41) is 1.17. The second-order valence-corrected chi connectivity index (χ2v) is 6.94. The lowest BCUT2D eigenvalue weighted by molar-refractivity contribution is 0.405. The van der Waals surface area contributed by atoms with Gasteiger partial charge in [-0.1, -0.05) is 18.5 Å². The first-order valence-corrected chi connectivity index (χ1v) is 8.90. The first-order valence-electron chi connectivity index (χ1n) is 7.44. The highest BCUT2D eigenvalue weighted by Gasteiger charge is 2.17. The van der Waals surface area contributed by atoms with Crippen molar-refractivity contribution in [2.75, 3.05) is 12.8 Å². The summed E-state index contributed by atoms with van der Waals surface area (Å²) in [4.78, 5) is 13.0. The van der Waals surface area contributed by atoms with Crippen LogP contribution in [0.3, 0.4) is 0 Å². The quantitative estimate of drug-likeness (QED) is 0.478. The number of fused-ring (bicyclic) bond motifs is 1. The molecule has 0 atom stereocenters. The summed E-state index contributed by atoms with van der Waals surface area (Å²) in [5.74, 6) is 1.05. The zero-order valence-electron chi connectivity index (χ0n) is 13.6. The number of rotatable bonds is 4. The Morgan fingerprint density at radius 3 is 2.79 bits per heavy atom. The van der Waals surface area contributed by atoms with Gasteiger partial charge in [0.2, 0.25) is 5.95 Å². The first-order chi connectivity index (χ1) is 11.5. The Bertz CT molecular complexity index is 925. The molecule has 6 nitrogen and oxygen atoms in total. The Morgan fingerprint density at radius 1 is 1.38 bits per heavy atom. The van der Waals surface area contributed by atoms with Crippen molar-refractivity contribution in [2.45, 2.75) is 26.8 Å². The number of hydrogen-bond acceptors (Lipinski definition) is 5. The van der Waals surface area contributed by atoms with Crippen LogP contribution in [0.2, 0.25) is 5.15 Å². The second-order valence-electron chi connectivity index (χ2n) is 5.42. The molecule has 0 spiro atoms. The van der Waals surface area contributed by atoms with Gasteiger partial charge in [-0.05, 0) is 35.9 Å². The van der Waals surface area contributed by atoms with Gasteiger partial charge in [-0.25, -0.2) is 4.98 Å². The number of pyridine rings is 1. The lowest BCUT2D eigenvalue weighted by atomic mass is 10.1. The molecule has 0 amide bonds. The fourth-order valence-electron chi connectivity index (χ4n) is 2.77. The number of nitrogens with two attached hydrogens (primary N) is 1. The summed E-state index contributed by atoms with van der Waals surface area (Å²) in [6.07, 6.45) is 4.72. The predicted octanol–water partition coefficient (Wildman–Crippen LogP) is 3.59. The van der Waals surface area contributed by atoms with E-state index in [1.54, 1.807) is 7.11 Å². The van der Waals surface area contributed by atoms with Gasteiger partial charge < -0.3 is 15.0 Å². The van der Waals surface area contributed by atoms with E-state index in [4.69, 9.17) is 22.1 Å². The number of aryl methyl sites for hydroxylation is 1. The largest absolute Gasteiger partial charge is 0.496 e. The van der Waals surface area contributed by atoms with Crippen LogP contribution in [-0.4, -0.2) is 26.6 Å². The van der Waals surface area contributed by atoms with Crippen molar-refractivity contribution in [1.82, 2.24) is 19.5 Å². The minimum absolute atomic E-state index is 0.159. The number of aromatic nitrogens is 4. The van der Waals surface area contributed by atoms with E-state index in [9.17, 15) is 0 Å². The van der Waals surface area contributed by atoms with Crippen molar-refractivity contribution in [3.05, 3.63) is 37.9 Å². The van der Waals surface area contributed by atoms with E-state index in [0.29, 0.717) is 17.3 Å². The number of nitrogens with zero attached hydrogens (tertiary/aromatic N) is 4. The van der Waals surface area contributed by atoms with Crippen molar-refractivity contribution < 1.29 is 4.74 Å². The van der Waals surface area contributed by atoms with Gasteiger partial charge >= 0.3 is 0 Å². The molecule has 0 radical (unpaired) electrons. The minimum atomic E-state index is 0.159. The molecule has 3 rings (SSSR count). The summed E-state index contributed by atoms with van der Waals surface area (Å²) in [7, 11) is 1.69. The molecule has 24 heavy (non-hydrogen) atoms. The fraction of sp³-hybridized carbons (Fsp3) is 0.312. The smallest absolute Gasteiger partial charge is 0.223 e. The zero-order valence-corrected chi connectivity index (χ0v) is 16.5. The van der Waals surface area contributed by atoms with E-state index in [-0.39, 0.29) is 5.95 Å². The van der Waals surface area contributed by atoms with Gasteiger partial charge in [0.15, 0.2) is 0 Å². The third-order valence-corrected chi connectivity index (χ3v) is 5.08. The third-order valence-electron chi connectivity index (χ3n) is 3.99. The maximum Gasteiger partial charge on any atom is 0.223 e. The van der Waals surface area contributed by atoms with Gasteiger partial charge in [0.05, 0.1) is 24.7 Å². The summed E-state index contributed by atoms with van der Waals surface area (Å²) in [6.45, 7) is 4.66. The molecule has 0 aliphatic heterocycles. The molecule has 0 aromatic carbocycles. The number of nitrogen functional groups attached to an aromatic ring is 1. The van der Waals surface area contributed by atoms with Crippen molar-refractivity contribution in [1.29, 1.82) is 0 Å². The average molecular weight is 458 g/mol. The molecule has 0 fully saturated rings. The Labute approximate surface area is 158 Å². The summed E-state index contributed by atoms with van der Waals surface area (Å²) in [6, 6.07) is 0. The summed E-state index contributed by atoms with van der Waals surface area (Å²) in [5.41, 5.74) is 9.51. The molecule has 2 N–H and O–H groups in total. The van der Waals surface area contributed by atoms with Crippen LogP contribution in [0.15, 0.2) is 12.4 Å². The van der Waals surface area contributed by atoms with E-state index in [2.05, 4.69) is 44.5 Å². The van der Waals surface area contributed by atoms with Gasteiger partial charge in [0.1, 0.15) is 16.5 Å². The second kappa shape index (κ2) is 6.72. The topological polar surface area (TPSA) is 78.9 Å². The highest BCUT2D eigenvalue weighted by atomic mass is 127. The van der Waals surface area contributed by atoms with Crippen LogP contribution < -0.4 is 10.5 Å². The van der Waals surface area contributed by atoms with Crippen LogP contribution in [0.5, 0.6) is 5.75 Å². The summed E-state index contributed by atoms with van der Waals surface area (Å²) < 4.78 is 8.52. The maximum atomic E-state index is 6.22. The standard InChI is InChI=1S/C16H17ClIN5O/c1-4-9-5-20-11(8(2)13(9)24-3)7-23-6-10(18)12-14(17)21-16(19)22-15(12)23/h5-6H,4,7H2,1-3H3,(H2,19,21,22). The molecule has 0 saturated heterocycles. The van der Waals surface area contributed by atoms with E-state index >= 15 is 0 Å². The molecule has 8 heteroatoms. The molecule has 3 aromatic heterocycles. The third kappa shape index (κ3) is 2.90. The van der Waals surface area contributed by atoms with E-state index in [1.165, 1.54) is 0 Å². The fourth-order valence-corrected chi connectivity index (χ4v) is 4.04. The van der Waals surface area contributed by atoms with Crippen molar-refractivity contribution in [3.8, 4) is 5.75 Å². The predicted molar refractivity (Wildman–Crippen MR) is 104 cm³/mol. The Kier molecular flexibility index (Phi) is 4.82. The van der Waals surface area contributed by atoms with Gasteiger partial charge in [-0.15, -0.1) is 0 Å². The first kappa shape index (κ1) is 17.2. The van der Waals surface area contributed by atoms with Crippen LogP contribution in [-0.2, 0) is 13.0 Å². The van der Waals surface area contributed by atoms with Crippen LogP contribution in [0.25, 0.3) is 11.0 Å². The summed E-state index contributed by atoms with van der Waals surface area (Å²) >= 11 is 8.44. The lowest BCUT2D eigenvalue weighted by Crippen LogP contribution is -2.07. The molecule has 3 aromatic rings. The van der Waals surface area contributed by atoms with Crippen molar-refractivity contribution >= 4 is 51.2 Å². The Morgan fingerprint density at radius 2 is 2.12 bits per heavy atom. The highest BCUT2D eigenvalue weighted by molar-refractivity contribution is 14.1. The molecular formula is C16H17ClIN5O. The lowest BCUT2D eigenvalue weighted by Gasteiger charge is -2.14. The van der Waals surface area contributed by atoms with Crippen LogP contribution in [0.1, 0.15) is 23.7 Å². The van der Waals surface area contributed by atoms with E-state index in [1.807, 2.05) is 23.9 Å². The van der Waals surface area contributed by atoms with Crippen LogP contribution in [0, 0.1) is 10.5 Å². The van der Waals surface area contributed by atoms with Crippen molar-refractivity contribution in [3.63, 3.8) is 0 Å². The average Bonchev–Trinajstić information content (AvgIpc) is 2.85. The molecule has 0 aliphatic rings. The van der Waals surface area contributed by atoms with Gasteiger partial charge in [0.25, 0.3) is 0 Å². The molecule has 0 saturated carbocycles. The normalized spacial score (nSPS) is 11.2. The monoisotopic (exact) mass is 457 g/mol. The van der Waals surface area contributed by atoms with Crippen LogP contribution >= 0.6 is 34.2 Å². The van der Waals surface area contributed by atoms with Gasteiger partial charge in [-0.2, -0.15) is 4.98 Å². The Balaban J connectivity index is 2.11. The SMILES string of the molecule is CCc1cnc(Cn2cc(I)c3c(Cl)nc(N)nc32)c(C)c1OC. The molecule has 0 bridgehead atoms. The molecule has 0 unspecified atom stereocenters. The Hall–Kier alpha value is -1.61. The number of anilines is 1. The highest BCUT2D eigenvalue weighted by Crippen LogP contribution is 2.30. The number of hydrogen-bond donors (Lipinski definition) is 1. The van der Waals surface area contributed by atoms with Gasteiger partial charge in [0, 0.05) is 27.1 Å². The number of halogens is 2. The molecule has 126 valence electrons. The number of methoxy groups -OCH3 is 1. The number of ether oxygens (including phenoxy) is 1. The van der Waals surface area contributed by atoms with Crippen LogP contribution in [0.4, 0.5) is 5.95 Å². The van der Waals surface area contributed by atoms with Gasteiger partial charge in [-0.3, -0.25) is 4.98 Å². The zero-order chi connectivity index (χ0) is 17.4. The molecule has 0 aliphatic carbocycles.